The quantitative estimate of drug-likeness (QED) is 0.638. The molecule has 2 heterocycles. The van der Waals surface area contributed by atoms with Crippen LogP contribution in [0.25, 0.3) is 0 Å². The second-order valence-corrected chi connectivity index (χ2v) is 2.85. The van der Waals surface area contributed by atoms with Crippen molar-refractivity contribution in [3.8, 4) is 0 Å². The van der Waals surface area contributed by atoms with Crippen LogP contribution in [-0.2, 0) is 5.79 Å². The number of nitrogens with zero attached hydrogens (tertiary/aromatic N) is 4. The molecule has 0 saturated heterocycles. The Balaban J connectivity index is 2.44. The zero-order valence-electron chi connectivity index (χ0n) is 7.65. The molecular formula is C9H8N4O2. The number of hydrogen-bond acceptors (Lipinski definition) is 6. The summed E-state index contributed by atoms with van der Waals surface area (Å²) >= 11 is 0. The molecule has 0 bridgehead atoms. The van der Waals surface area contributed by atoms with Crippen molar-refractivity contribution in [1.82, 2.24) is 19.9 Å². The molecule has 0 aliphatic heterocycles. The molecule has 2 rings (SSSR count). The lowest BCUT2D eigenvalue weighted by Crippen LogP contribution is -2.29. The SMILES string of the molecule is OC(O)(c1cnccn1)c1cnccn1. The van der Waals surface area contributed by atoms with Gasteiger partial charge in [0.2, 0.25) is 0 Å². The van der Waals surface area contributed by atoms with Crippen molar-refractivity contribution in [3.63, 3.8) is 0 Å². The lowest BCUT2D eigenvalue weighted by molar-refractivity contribution is -0.139. The van der Waals surface area contributed by atoms with Crippen molar-refractivity contribution in [2.45, 2.75) is 5.79 Å². The van der Waals surface area contributed by atoms with Crippen molar-refractivity contribution < 1.29 is 10.2 Å². The summed E-state index contributed by atoms with van der Waals surface area (Å²) in [5.41, 5.74) is 0.0102. The topological polar surface area (TPSA) is 92.0 Å². The van der Waals surface area contributed by atoms with Gasteiger partial charge in [-0.2, -0.15) is 0 Å². The zero-order chi connectivity index (χ0) is 10.7. The molecule has 0 radical (unpaired) electrons. The Kier molecular flexibility index (Phi) is 2.36. The van der Waals surface area contributed by atoms with Gasteiger partial charge in [0, 0.05) is 24.8 Å². The summed E-state index contributed by atoms with van der Waals surface area (Å²) in [5, 5.41) is 19.6. The van der Waals surface area contributed by atoms with Crippen molar-refractivity contribution in [1.29, 1.82) is 0 Å². The molecule has 0 unspecified atom stereocenters. The molecule has 6 heteroatoms. The van der Waals surface area contributed by atoms with Crippen molar-refractivity contribution in [2.24, 2.45) is 0 Å². The molecule has 0 saturated carbocycles. The van der Waals surface area contributed by atoms with Crippen LogP contribution >= 0.6 is 0 Å². The van der Waals surface area contributed by atoms with Gasteiger partial charge in [-0.1, -0.05) is 0 Å². The van der Waals surface area contributed by atoms with E-state index in [1.807, 2.05) is 0 Å². The summed E-state index contributed by atoms with van der Waals surface area (Å²) in [6.45, 7) is 0. The van der Waals surface area contributed by atoms with Crippen LogP contribution in [0.2, 0.25) is 0 Å². The zero-order valence-corrected chi connectivity index (χ0v) is 7.65. The summed E-state index contributed by atoms with van der Waals surface area (Å²) in [6, 6.07) is 0. The molecule has 15 heavy (non-hydrogen) atoms. The molecule has 76 valence electrons. The normalized spacial score (nSPS) is 11.3. The summed E-state index contributed by atoms with van der Waals surface area (Å²) in [4.78, 5) is 15.1. The first-order chi connectivity index (χ1) is 7.21. The lowest BCUT2D eigenvalue weighted by Gasteiger charge is -2.18. The molecular weight excluding hydrogens is 196 g/mol. The van der Waals surface area contributed by atoms with E-state index in [1.165, 1.54) is 37.2 Å². The number of rotatable bonds is 2. The first-order valence-corrected chi connectivity index (χ1v) is 4.19. The van der Waals surface area contributed by atoms with Crippen molar-refractivity contribution in [2.75, 3.05) is 0 Å². The Hall–Kier alpha value is -1.92. The highest BCUT2D eigenvalue weighted by Crippen LogP contribution is 2.21. The van der Waals surface area contributed by atoms with Crippen LogP contribution in [0.3, 0.4) is 0 Å². The average molecular weight is 204 g/mol. The van der Waals surface area contributed by atoms with E-state index < -0.39 is 5.79 Å². The van der Waals surface area contributed by atoms with E-state index in [2.05, 4.69) is 19.9 Å². The number of aliphatic hydroxyl groups is 2. The monoisotopic (exact) mass is 204 g/mol. The third-order valence-electron chi connectivity index (χ3n) is 1.84. The second-order valence-electron chi connectivity index (χ2n) is 2.85. The molecule has 0 aliphatic carbocycles. The molecule has 0 spiro atoms. The van der Waals surface area contributed by atoms with Crippen LogP contribution in [0.4, 0.5) is 0 Å². The molecule has 0 aromatic carbocycles. The van der Waals surface area contributed by atoms with Crippen LogP contribution < -0.4 is 0 Å². The largest absolute Gasteiger partial charge is 0.356 e. The average Bonchev–Trinajstić information content (AvgIpc) is 2.31. The van der Waals surface area contributed by atoms with Crippen LogP contribution in [-0.4, -0.2) is 30.1 Å². The van der Waals surface area contributed by atoms with Crippen molar-refractivity contribution >= 4 is 0 Å². The van der Waals surface area contributed by atoms with Crippen LogP contribution in [0.5, 0.6) is 0 Å². The highest BCUT2D eigenvalue weighted by molar-refractivity contribution is 5.18. The minimum absolute atomic E-state index is 0.00509. The molecule has 0 aliphatic rings. The Labute approximate surface area is 85.3 Å². The van der Waals surface area contributed by atoms with Gasteiger partial charge < -0.3 is 10.2 Å². The minimum atomic E-state index is -2.26. The van der Waals surface area contributed by atoms with Gasteiger partial charge in [-0.3, -0.25) is 19.9 Å². The fourth-order valence-electron chi connectivity index (χ4n) is 1.09. The lowest BCUT2D eigenvalue weighted by atomic mass is 10.1. The Morgan fingerprint density at radius 1 is 0.800 bits per heavy atom. The second kappa shape index (κ2) is 3.68. The van der Waals surface area contributed by atoms with Gasteiger partial charge in [0.1, 0.15) is 11.4 Å². The maximum atomic E-state index is 9.81. The smallest absolute Gasteiger partial charge is 0.255 e. The Morgan fingerprint density at radius 3 is 1.60 bits per heavy atom. The van der Waals surface area contributed by atoms with E-state index in [0.29, 0.717) is 0 Å². The highest BCUT2D eigenvalue weighted by Gasteiger charge is 2.32. The summed E-state index contributed by atoms with van der Waals surface area (Å²) in [7, 11) is 0. The van der Waals surface area contributed by atoms with E-state index in [9.17, 15) is 10.2 Å². The molecule has 2 N–H and O–H groups in total. The van der Waals surface area contributed by atoms with Gasteiger partial charge >= 0.3 is 0 Å². The van der Waals surface area contributed by atoms with E-state index in [1.54, 1.807) is 0 Å². The van der Waals surface area contributed by atoms with Gasteiger partial charge in [0.05, 0.1) is 12.4 Å². The molecule has 2 aromatic rings. The molecule has 0 fully saturated rings. The fourth-order valence-corrected chi connectivity index (χ4v) is 1.09. The van der Waals surface area contributed by atoms with E-state index in [0.717, 1.165) is 0 Å². The molecule has 2 aromatic heterocycles. The van der Waals surface area contributed by atoms with E-state index in [4.69, 9.17) is 0 Å². The van der Waals surface area contributed by atoms with Crippen LogP contribution in [0.15, 0.2) is 37.2 Å². The van der Waals surface area contributed by atoms with Gasteiger partial charge in [-0.25, -0.2) is 0 Å². The third-order valence-corrected chi connectivity index (χ3v) is 1.84. The first kappa shape index (κ1) is 9.63. The predicted octanol–water partition coefficient (Wildman–Crippen LogP) is -0.548. The van der Waals surface area contributed by atoms with Gasteiger partial charge in [-0.05, 0) is 0 Å². The van der Waals surface area contributed by atoms with Crippen LogP contribution in [0.1, 0.15) is 11.4 Å². The number of hydrogen-bond donors (Lipinski definition) is 2. The van der Waals surface area contributed by atoms with Gasteiger partial charge in [-0.15, -0.1) is 0 Å². The Morgan fingerprint density at radius 2 is 1.27 bits per heavy atom. The summed E-state index contributed by atoms with van der Waals surface area (Å²) in [5.74, 6) is -2.26. The maximum absolute atomic E-state index is 9.81. The minimum Gasteiger partial charge on any atom is -0.356 e. The summed E-state index contributed by atoms with van der Waals surface area (Å²) < 4.78 is 0. The van der Waals surface area contributed by atoms with Crippen LogP contribution in [0, 0.1) is 0 Å². The maximum Gasteiger partial charge on any atom is 0.255 e. The van der Waals surface area contributed by atoms with Gasteiger partial charge in [0.25, 0.3) is 5.79 Å². The van der Waals surface area contributed by atoms with Gasteiger partial charge in [0.15, 0.2) is 0 Å². The van der Waals surface area contributed by atoms with E-state index in [-0.39, 0.29) is 11.4 Å². The molecule has 6 nitrogen and oxygen atoms in total. The molecule has 0 atom stereocenters. The standard InChI is InChI=1S/C9H8N4O2/c14-9(15,7-5-10-1-3-12-7)8-6-11-2-4-13-8/h1-6,14-15H. The number of aromatic nitrogens is 4. The third kappa shape index (κ3) is 1.80. The highest BCUT2D eigenvalue weighted by atomic mass is 16.5. The van der Waals surface area contributed by atoms with Crippen molar-refractivity contribution in [3.05, 3.63) is 48.6 Å². The fraction of sp³-hybridized carbons (Fsp3) is 0.111. The first-order valence-electron chi connectivity index (χ1n) is 4.19. The summed E-state index contributed by atoms with van der Waals surface area (Å²) in [6.07, 6.45) is 8.13. The van der Waals surface area contributed by atoms with E-state index >= 15 is 0 Å². The predicted molar refractivity (Wildman–Crippen MR) is 49.3 cm³/mol. The Bertz CT molecular complexity index is 391. The molecule has 0 amide bonds.